The van der Waals surface area contributed by atoms with Gasteiger partial charge in [-0.05, 0) is 24.2 Å². The smallest absolute Gasteiger partial charge is 0.302 e. The van der Waals surface area contributed by atoms with E-state index in [2.05, 4.69) is 12.6 Å². The van der Waals surface area contributed by atoms with Gasteiger partial charge in [-0.2, -0.15) is 12.6 Å². The Labute approximate surface area is 113 Å². The molecule has 18 heavy (non-hydrogen) atoms. The highest BCUT2D eigenvalue weighted by Gasteiger charge is 2.26. The fraction of sp³-hybridized carbons (Fsp3) is 0.500. The third-order valence-electron chi connectivity index (χ3n) is 2.63. The van der Waals surface area contributed by atoms with Gasteiger partial charge in [-0.1, -0.05) is 37.3 Å². The quantitative estimate of drug-likeness (QED) is 0.598. The lowest BCUT2D eigenvalue weighted by molar-refractivity contribution is 0.0867. The molecule has 0 radical (unpaired) electrons. The summed E-state index contributed by atoms with van der Waals surface area (Å²) in [5.41, 5.74) is 0.824. The molecule has 0 aliphatic carbocycles. The molecule has 0 aliphatic rings. The molecule has 0 aliphatic heterocycles. The van der Waals surface area contributed by atoms with E-state index in [0.717, 1.165) is 5.56 Å². The van der Waals surface area contributed by atoms with E-state index >= 15 is 0 Å². The van der Waals surface area contributed by atoms with Gasteiger partial charge in [0.05, 0.1) is 12.7 Å². The van der Waals surface area contributed by atoms with Gasteiger partial charge >= 0.3 is 7.82 Å². The molecule has 4 nitrogen and oxygen atoms in total. The summed E-state index contributed by atoms with van der Waals surface area (Å²) in [6.45, 7) is 3.68. The highest BCUT2D eigenvalue weighted by molar-refractivity contribution is 7.80. The minimum atomic E-state index is -4.02. The van der Waals surface area contributed by atoms with Crippen LogP contribution in [0.2, 0.25) is 0 Å². The Bertz CT molecular complexity index is 398. The summed E-state index contributed by atoms with van der Waals surface area (Å²) in [6, 6.07) is 9.19. The third-order valence-corrected chi connectivity index (χ3v) is 4.26. The maximum atomic E-state index is 11.7. The van der Waals surface area contributed by atoms with E-state index in [9.17, 15) is 9.46 Å². The van der Waals surface area contributed by atoms with Crippen LogP contribution in [0.15, 0.2) is 30.3 Å². The molecule has 0 amide bonds. The van der Waals surface area contributed by atoms with E-state index in [1.807, 2.05) is 37.3 Å². The molecule has 0 heterocycles. The zero-order valence-electron chi connectivity index (χ0n) is 10.5. The van der Waals surface area contributed by atoms with Crippen molar-refractivity contribution in [2.24, 2.45) is 5.92 Å². The van der Waals surface area contributed by atoms with Crippen LogP contribution in [0.4, 0.5) is 0 Å². The zero-order valence-corrected chi connectivity index (χ0v) is 12.3. The van der Waals surface area contributed by atoms with Crippen molar-refractivity contribution in [3.8, 4) is 0 Å². The Kier molecular flexibility index (Phi) is 6.39. The molecule has 0 spiro atoms. The van der Waals surface area contributed by atoms with Crippen molar-refractivity contribution in [2.45, 2.75) is 26.6 Å². The molecule has 1 aromatic carbocycles. The maximum absolute atomic E-state index is 11.7. The summed E-state index contributed by atoms with van der Waals surface area (Å²) in [5.74, 6) is 0.661. The molecule has 3 atom stereocenters. The molecular formula is C12H19O4PS. The lowest BCUT2D eigenvalue weighted by Crippen LogP contribution is -2.18. The first-order chi connectivity index (χ1) is 8.44. The molecule has 0 aromatic heterocycles. The predicted octanol–water partition coefficient (Wildman–Crippen LogP) is 3.27. The average molecular weight is 290 g/mol. The van der Waals surface area contributed by atoms with Gasteiger partial charge in [-0.3, -0.25) is 9.05 Å². The largest absolute Gasteiger partial charge is 0.472 e. The zero-order chi connectivity index (χ0) is 13.6. The number of phosphoric acid groups is 1. The second-order valence-electron chi connectivity index (χ2n) is 4.20. The van der Waals surface area contributed by atoms with Crippen LogP contribution in [0.1, 0.15) is 19.4 Å². The van der Waals surface area contributed by atoms with Crippen molar-refractivity contribution in [3.05, 3.63) is 35.9 Å². The molecule has 1 N–H and O–H groups in total. The first kappa shape index (κ1) is 15.7. The normalized spacial score (nSPS) is 18.0. The van der Waals surface area contributed by atoms with Crippen molar-refractivity contribution in [2.75, 3.05) is 5.75 Å². The number of phosphoric ester groups is 1. The minimum absolute atomic E-state index is 0.0522. The molecule has 1 aromatic rings. The summed E-state index contributed by atoms with van der Waals surface area (Å²) in [4.78, 5) is 9.58. The van der Waals surface area contributed by atoms with Gasteiger partial charge < -0.3 is 4.89 Å². The number of hydrogen-bond donors (Lipinski definition) is 2. The van der Waals surface area contributed by atoms with Gasteiger partial charge in [0, 0.05) is 0 Å². The first-order valence-corrected chi connectivity index (χ1v) is 7.88. The van der Waals surface area contributed by atoms with Gasteiger partial charge in [-0.15, -0.1) is 0 Å². The monoisotopic (exact) mass is 290 g/mol. The molecule has 6 heteroatoms. The van der Waals surface area contributed by atoms with Crippen molar-refractivity contribution in [3.63, 3.8) is 0 Å². The Hall–Kier alpha value is -0.320. The Balaban J connectivity index is 2.47. The lowest BCUT2D eigenvalue weighted by Gasteiger charge is -2.21. The molecule has 0 fully saturated rings. The van der Waals surface area contributed by atoms with E-state index in [1.165, 1.54) is 0 Å². The molecule has 0 saturated carbocycles. The summed E-state index contributed by atoms with van der Waals surface area (Å²) in [6.07, 6.45) is -0.380. The second-order valence-corrected chi connectivity index (χ2v) is 5.97. The molecule has 0 saturated heterocycles. The summed E-state index contributed by atoms with van der Waals surface area (Å²) >= 11 is 4.12. The van der Waals surface area contributed by atoms with Crippen LogP contribution in [-0.4, -0.2) is 16.8 Å². The topological polar surface area (TPSA) is 55.8 Å². The Morgan fingerprint density at radius 3 is 2.50 bits per heavy atom. The fourth-order valence-corrected chi connectivity index (χ4v) is 2.52. The fourth-order valence-electron chi connectivity index (χ4n) is 1.22. The molecule has 0 bridgehead atoms. The number of rotatable bonds is 7. The average Bonchev–Trinajstić information content (AvgIpc) is 2.36. The van der Waals surface area contributed by atoms with Crippen molar-refractivity contribution >= 4 is 20.5 Å². The van der Waals surface area contributed by atoms with Crippen LogP contribution >= 0.6 is 20.5 Å². The number of benzene rings is 1. The molecule has 1 rings (SSSR count). The van der Waals surface area contributed by atoms with E-state index in [1.54, 1.807) is 6.92 Å². The van der Waals surface area contributed by atoms with Crippen LogP contribution in [0, 0.1) is 5.92 Å². The number of hydrogen-bond acceptors (Lipinski definition) is 4. The Morgan fingerprint density at radius 1 is 1.33 bits per heavy atom. The van der Waals surface area contributed by atoms with Gasteiger partial charge in [0.25, 0.3) is 0 Å². The van der Waals surface area contributed by atoms with Gasteiger partial charge in [0.15, 0.2) is 0 Å². The standard InChI is InChI=1S/C12H19O4PS/c1-10(9-18)11(2)16-17(13,14)15-8-12-6-4-3-5-7-12/h3-7,10-11,18H,8-9H2,1-2H3,(H,13,14). The SMILES string of the molecule is CC(CS)C(C)OP(=O)(O)OCc1ccccc1. The summed E-state index contributed by atoms with van der Waals surface area (Å²) in [7, 11) is -4.02. The van der Waals surface area contributed by atoms with Crippen molar-refractivity contribution < 1.29 is 18.5 Å². The first-order valence-electron chi connectivity index (χ1n) is 5.75. The highest BCUT2D eigenvalue weighted by atomic mass is 32.1. The van der Waals surface area contributed by atoms with Crippen molar-refractivity contribution in [1.29, 1.82) is 0 Å². The number of thiol groups is 1. The van der Waals surface area contributed by atoms with Gasteiger partial charge in [-0.25, -0.2) is 4.57 Å². The third kappa shape index (κ3) is 5.55. The van der Waals surface area contributed by atoms with Crippen LogP contribution in [0.3, 0.4) is 0 Å². The maximum Gasteiger partial charge on any atom is 0.472 e. The van der Waals surface area contributed by atoms with Crippen molar-refractivity contribution in [1.82, 2.24) is 0 Å². The van der Waals surface area contributed by atoms with E-state index in [-0.39, 0.29) is 18.6 Å². The van der Waals surface area contributed by atoms with E-state index in [0.29, 0.717) is 5.75 Å². The van der Waals surface area contributed by atoms with Crippen LogP contribution in [0.25, 0.3) is 0 Å². The lowest BCUT2D eigenvalue weighted by atomic mass is 10.1. The molecule has 102 valence electrons. The van der Waals surface area contributed by atoms with E-state index < -0.39 is 7.82 Å². The van der Waals surface area contributed by atoms with E-state index in [4.69, 9.17) is 9.05 Å². The van der Waals surface area contributed by atoms with Crippen LogP contribution < -0.4 is 0 Å². The second kappa shape index (κ2) is 7.31. The molecule has 3 unspecified atom stereocenters. The molecular weight excluding hydrogens is 271 g/mol. The Morgan fingerprint density at radius 2 is 1.94 bits per heavy atom. The highest BCUT2D eigenvalue weighted by Crippen LogP contribution is 2.46. The van der Waals surface area contributed by atoms with Crippen LogP contribution in [-0.2, 0) is 20.2 Å². The minimum Gasteiger partial charge on any atom is -0.302 e. The predicted molar refractivity (Wildman–Crippen MR) is 74.6 cm³/mol. The van der Waals surface area contributed by atoms with Crippen LogP contribution in [0.5, 0.6) is 0 Å². The van der Waals surface area contributed by atoms with Gasteiger partial charge in [0.2, 0.25) is 0 Å². The summed E-state index contributed by atoms with van der Waals surface area (Å²) in [5, 5.41) is 0. The van der Waals surface area contributed by atoms with Gasteiger partial charge in [0.1, 0.15) is 0 Å². The summed E-state index contributed by atoms with van der Waals surface area (Å²) < 4.78 is 21.7.